The van der Waals surface area contributed by atoms with Gasteiger partial charge >= 0.3 is 0 Å². The molecule has 0 atom stereocenters. The zero-order chi connectivity index (χ0) is 13.0. The van der Waals surface area contributed by atoms with Crippen LogP contribution in [0.4, 0.5) is 5.69 Å². The third-order valence-electron chi connectivity index (χ3n) is 2.60. The van der Waals surface area contributed by atoms with Crippen molar-refractivity contribution in [1.29, 1.82) is 0 Å². The summed E-state index contributed by atoms with van der Waals surface area (Å²) in [5, 5.41) is 0.636. The molecule has 0 aliphatic carbocycles. The molecular weight excluding hydrogens is 266 g/mol. The Balaban J connectivity index is 2.16. The van der Waals surface area contributed by atoms with Crippen LogP contribution in [0.3, 0.4) is 0 Å². The number of hydrogen-bond donors (Lipinski definition) is 1. The predicted molar refractivity (Wildman–Crippen MR) is 78.4 cm³/mol. The topological polar surface area (TPSA) is 35.2 Å². The monoisotopic (exact) mass is 279 g/mol. The van der Waals surface area contributed by atoms with E-state index in [0.717, 1.165) is 16.2 Å². The molecule has 2 nitrogen and oxygen atoms in total. The van der Waals surface area contributed by atoms with E-state index in [0.29, 0.717) is 17.3 Å². The smallest absolute Gasteiger partial charge is 0.133 e. The summed E-state index contributed by atoms with van der Waals surface area (Å²) in [5.41, 5.74) is 7.37. The molecule has 2 rings (SSSR count). The molecule has 18 heavy (non-hydrogen) atoms. The first-order valence-electron chi connectivity index (χ1n) is 5.51. The highest BCUT2D eigenvalue weighted by atomic mass is 35.5. The molecule has 4 heteroatoms. The summed E-state index contributed by atoms with van der Waals surface area (Å²) >= 11 is 7.75. The van der Waals surface area contributed by atoms with Gasteiger partial charge in [-0.25, -0.2) is 0 Å². The van der Waals surface area contributed by atoms with Crippen LogP contribution in [0.1, 0.15) is 5.56 Å². The van der Waals surface area contributed by atoms with E-state index in [1.54, 1.807) is 11.8 Å². The largest absolute Gasteiger partial charge is 0.488 e. The zero-order valence-corrected chi connectivity index (χ0v) is 11.6. The first-order chi connectivity index (χ1) is 8.72. The molecule has 2 aromatic rings. The first-order valence-corrected chi connectivity index (χ1v) is 7.11. The van der Waals surface area contributed by atoms with Gasteiger partial charge in [0.1, 0.15) is 12.4 Å². The van der Waals surface area contributed by atoms with Gasteiger partial charge in [0.25, 0.3) is 0 Å². The molecule has 0 spiro atoms. The molecule has 0 saturated carbocycles. The average Bonchev–Trinajstić information content (AvgIpc) is 2.38. The standard InChI is InChI=1S/C14H14ClNOS/c1-18-14-8-3-2-7-13(14)17-9-10-11(15)5-4-6-12(10)16/h2-8H,9,16H2,1H3. The van der Waals surface area contributed by atoms with Crippen molar-refractivity contribution in [3.05, 3.63) is 53.1 Å². The van der Waals surface area contributed by atoms with E-state index in [1.807, 2.05) is 48.7 Å². The lowest BCUT2D eigenvalue weighted by atomic mass is 10.2. The summed E-state index contributed by atoms with van der Waals surface area (Å²) in [6, 6.07) is 13.4. The van der Waals surface area contributed by atoms with Crippen LogP contribution < -0.4 is 10.5 Å². The van der Waals surface area contributed by atoms with Gasteiger partial charge < -0.3 is 10.5 Å². The first kappa shape index (κ1) is 13.1. The Morgan fingerprint density at radius 1 is 1.17 bits per heavy atom. The van der Waals surface area contributed by atoms with Crippen LogP contribution in [0.2, 0.25) is 5.02 Å². The maximum atomic E-state index is 6.10. The number of hydrogen-bond acceptors (Lipinski definition) is 3. The molecule has 0 amide bonds. The second-order valence-corrected chi connectivity index (χ2v) is 5.00. The molecule has 2 aromatic carbocycles. The zero-order valence-electron chi connectivity index (χ0n) is 10.0. The third kappa shape index (κ3) is 2.92. The van der Waals surface area contributed by atoms with Gasteiger partial charge in [-0.2, -0.15) is 0 Å². The van der Waals surface area contributed by atoms with Crippen molar-refractivity contribution < 1.29 is 4.74 Å². The fourth-order valence-corrected chi connectivity index (χ4v) is 2.39. The molecule has 0 aromatic heterocycles. The van der Waals surface area contributed by atoms with Gasteiger partial charge in [-0.05, 0) is 30.5 Å². The van der Waals surface area contributed by atoms with Crippen LogP contribution in [-0.2, 0) is 6.61 Å². The van der Waals surface area contributed by atoms with Crippen molar-refractivity contribution in [1.82, 2.24) is 0 Å². The van der Waals surface area contributed by atoms with Crippen molar-refractivity contribution in [2.45, 2.75) is 11.5 Å². The van der Waals surface area contributed by atoms with Crippen molar-refractivity contribution >= 4 is 29.1 Å². The molecule has 94 valence electrons. The summed E-state index contributed by atoms with van der Waals surface area (Å²) in [6.45, 7) is 0.378. The van der Waals surface area contributed by atoms with Gasteiger partial charge in [-0.3, -0.25) is 0 Å². The minimum Gasteiger partial charge on any atom is -0.488 e. The average molecular weight is 280 g/mol. The maximum absolute atomic E-state index is 6.10. The Kier molecular flexibility index (Phi) is 4.39. The highest BCUT2D eigenvalue weighted by Gasteiger charge is 2.07. The number of thioether (sulfide) groups is 1. The van der Waals surface area contributed by atoms with Gasteiger partial charge in [0, 0.05) is 21.2 Å². The molecule has 0 aliphatic rings. The number of benzene rings is 2. The number of halogens is 1. The van der Waals surface area contributed by atoms with E-state index >= 15 is 0 Å². The molecule has 0 saturated heterocycles. The minimum absolute atomic E-state index is 0.378. The lowest BCUT2D eigenvalue weighted by Crippen LogP contribution is -2.01. The lowest BCUT2D eigenvalue weighted by molar-refractivity contribution is 0.299. The van der Waals surface area contributed by atoms with E-state index in [9.17, 15) is 0 Å². The Bertz CT molecular complexity index is 525. The number of rotatable bonds is 4. The number of nitrogens with two attached hydrogens (primary N) is 1. The number of anilines is 1. The normalized spacial score (nSPS) is 10.3. The minimum atomic E-state index is 0.378. The van der Waals surface area contributed by atoms with Crippen molar-refractivity contribution in [2.24, 2.45) is 0 Å². The summed E-state index contributed by atoms with van der Waals surface area (Å²) in [4.78, 5) is 1.10. The van der Waals surface area contributed by atoms with E-state index in [-0.39, 0.29) is 0 Å². The fourth-order valence-electron chi connectivity index (χ4n) is 1.62. The van der Waals surface area contributed by atoms with E-state index in [2.05, 4.69) is 0 Å². The second kappa shape index (κ2) is 6.03. The summed E-state index contributed by atoms with van der Waals surface area (Å²) < 4.78 is 5.79. The summed E-state index contributed by atoms with van der Waals surface area (Å²) in [6.07, 6.45) is 2.02. The van der Waals surface area contributed by atoms with Crippen LogP contribution in [0, 0.1) is 0 Å². The predicted octanol–water partition coefficient (Wildman–Crippen LogP) is 4.22. The molecule has 0 unspecified atom stereocenters. The molecule has 0 bridgehead atoms. The quantitative estimate of drug-likeness (QED) is 0.672. The highest BCUT2D eigenvalue weighted by molar-refractivity contribution is 7.98. The highest BCUT2D eigenvalue weighted by Crippen LogP contribution is 2.29. The van der Waals surface area contributed by atoms with Crippen LogP contribution in [0.25, 0.3) is 0 Å². The summed E-state index contributed by atoms with van der Waals surface area (Å²) in [7, 11) is 0. The van der Waals surface area contributed by atoms with Crippen LogP contribution >= 0.6 is 23.4 Å². The number of para-hydroxylation sites is 1. The summed E-state index contributed by atoms with van der Waals surface area (Å²) in [5.74, 6) is 0.851. The van der Waals surface area contributed by atoms with Crippen molar-refractivity contribution in [3.63, 3.8) is 0 Å². The third-order valence-corrected chi connectivity index (χ3v) is 3.73. The van der Waals surface area contributed by atoms with Gasteiger partial charge in [-0.1, -0.05) is 29.8 Å². The van der Waals surface area contributed by atoms with Crippen LogP contribution in [0.15, 0.2) is 47.4 Å². The Morgan fingerprint density at radius 3 is 2.67 bits per heavy atom. The van der Waals surface area contributed by atoms with Gasteiger partial charge in [-0.15, -0.1) is 11.8 Å². The van der Waals surface area contributed by atoms with E-state index in [4.69, 9.17) is 22.1 Å². The van der Waals surface area contributed by atoms with Crippen molar-refractivity contribution in [2.75, 3.05) is 12.0 Å². The maximum Gasteiger partial charge on any atom is 0.133 e. The fraction of sp³-hybridized carbons (Fsp3) is 0.143. The molecule has 0 fully saturated rings. The van der Waals surface area contributed by atoms with Gasteiger partial charge in [0.2, 0.25) is 0 Å². The van der Waals surface area contributed by atoms with Crippen LogP contribution in [0.5, 0.6) is 5.75 Å². The van der Waals surface area contributed by atoms with E-state index < -0.39 is 0 Å². The Morgan fingerprint density at radius 2 is 1.94 bits per heavy atom. The number of nitrogen functional groups attached to an aromatic ring is 1. The number of ether oxygens (including phenoxy) is 1. The lowest BCUT2D eigenvalue weighted by Gasteiger charge is -2.12. The molecule has 2 N–H and O–H groups in total. The SMILES string of the molecule is CSc1ccccc1OCc1c(N)cccc1Cl. The molecular formula is C14H14ClNOS. The Hall–Kier alpha value is -1.32. The van der Waals surface area contributed by atoms with Gasteiger partial charge in [0.15, 0.2) is 0 Å². The molecule has 0 radical (unpaired) electrons. The Labute approximate surface area is 116 Å². The second-order valence-electron chi connectivity index (χ2n) is 3.75. The molecule has 0 heterocycles. The van der Waals surface area contributed by atoms with Gasteiger partial charge in [0.05, 0.1) is 0 Å². The van der Waals surface area contributed by atoms with E-state index in [1.165, 1.54) is 0 Å². The molecule has 0 aliphatic heterocycles. The van der Waals surface area contributed by atoms with Crippen LogP contribution in [-0.4, -0.2) is 6.26 Å². The van der Waals surface area contributed by atoms with Crippen molar-refractivity contribution in [3.8, 4) is 5.75 Å².